The molecule has 1 aliphatic carbocycles. The topological polar surface area (TPSA) is 26.0 Å². The van der Waals surface area contributed by atoms with E-state index in [4.69, 9.17) is 4.98 Å². The zero-order chi connectivity index (χ0) is 52.1. The van der Waals surface area contributed by atoms with E-state index in [1.807, 2.05) is 11.3 Å². The normalized spacial score (nSPS) is 14.6. The third-order valence-electron chi connectivity index (χ3n) is 17.5. The number of nitrogens with zero attached hydrogens (tertiary/aromatic N) is 4. The van der Waals surface area contributed by atoms with Gasteiger partial charge >= 0.3 is 6.85 Å². The standard InChI is InChI=1S/C70H61BN4S/c1-67(2,3)41-26-30-45(31-27-41)75-55-36-48-46-32-28-43(69(7,8)9)35-58(46)76-59(48)37-50(55)61-60-47-24-18-19-25-51(47)70(10,11)63(60)62-49-34-42(68(4,5)6)29-33-54(49)74-56-39-57-53(38-52(56)71(75)64(61)65(62)74)72-66(40-20-14-12-15-21-40)73(57)44-22-16-13-17-23-44/h12-39H,1-11H3. The van der Waals surface area contributed by atoms with E-state index in [0.717, 1.165) is 28.1 Å². The minimum Gasteiger partial charge on any atom is -0.376 e. The number of para-hydroxylation sites is 1. The minimum atomic E-state index is -0.292. The van der Waals surface area contributed by atoms with Crippen molar-refractivity contribution in [3.63, 3.8) is 0 Å². The number of fused-ring (bicyclic) bond motifs is 17. The zero-order valence-corrected chi connectivity index (χ0v) is 46.3. The Balaban J connectivity index is 1.17. The van der Waals surface area contributed by atoms with Gasteiger partial charge in [0.25, 0.3) is 0 Å². The van der Waals surface area contributed by atoms with Crippen LogP contribution in [0, 0.1) is 0 Å². The van der Waals surface area contributed by atoms with E-state index in [-0.39, 0.29) is 28.5 Å². The smallest absolute Gasteiger partial charge is 0.333 e. The lowest BCUT2D eigenvalue weighted by Crippen LogP contribution is -2.60. The van der Waals surface area contributed by atoms with E-state index in [9.17, 15) is 0 Å². The Morgan fingerprint density at radius 2 is 1.14 bits per heavy atom. The maximum absolute atomic E-state index is 5.69. The molecule has 12 aromatic rings. The van der Waals surface area contributed by atoms with Crippen LogP contribution in [0.15, 0.2) is 170 Å². The highest BCUT2D eigenvalue weighted by Gasteiger charge is 2.50. The summed E-state index contributed by atoms with van der Waals surface area (Å²) in [7, 11) is 0. The minimum absolute atomic E-state index is 0.00452. The predicted octanol–water partition coefficient (Wildman–Crippen LogP) is 17.6. The fourth-order valence-electron chi connectivity index (χ4n) is 13.7. The number of aromatic nitrogens is 3. The van der Waals surface area contributed by atoms with Crippen molar-refractivity contribution < 1.29 is 0 Å². The van der Waals surface area contributed by atoms with Gasteiger partial charge in [0, 0.05) is 70.2 Å². The summed E-state index contributed by atoms with van der Waals surface area (Å²) in [6.07, 6.45) is 0. The van der Waals surface area contributed by atoms with Gasteiger partial charge < -0.3 is 9.38 Å². The molecule has 0 unspecified atom stereocenters. The van der Waals surface area contributed by atoms with E-state index >= 15 is 0 Å². The van der Waals surface area contributed by atoms with E-state index in [1.54, 1.807) is 0 Å². The molecule has 370 valence electrons. The van der Waals surface area contributed by atoms with Crippen LogP contribution in [0.2, 0.25) is 0 Å². The number of hydrogen-bond donors (Lipinski definition) is 0. The van der Waals surface area contributed by atoms with Gasteiger partial charge in [-0.15, -0.1) is 11.3 Å². The first-order valence-corrected chi connectivity index (χ1v) is 28.1. The van der Waals surface area contributed by atoms with Gasteiger partial charge in [-0.05, 0) is 138 Å². The summed E-state index contributed by atoms with van der Waals surface area (Å²) in [5, 5.41) is 5.31. The van der Waals surface area contributed by atoms with Crippen molar-refractivity contribution in [2.75, 3.05) is 4.81 Å². The molecule has 0 spiro atoms. The van der Waals surface area contributed by atoms with Crippen molar-refractivity contribution in [1.82, 2.24) is 14.1 Å². The van der Waals surface area contributed by atoms with Crippen LogP contribution in [0.25, 0.3) is 98.0 Å². The molecule has 9 aromatic carbocycles. The van der Waals surface area contributed by atoms with Crippen molar-refractivity contribution in [3.05, 3.63) is 198 Å². The molecular formula is C70H61BN4S. The second-order valence-electron chi connectivity index (χ2n) is 25.6. The molecule has 3 aliphatic rings. The number of anilines is 2. The van der Waals surface area contributed by atoms with Crippen LogP contribution in [-0.4, -0.2) is 21.0 Å². The first-order chi connectivity index (χ1) is 36.4. The maximum Gasteiger partial charge on any atom is 0.333 e. The first kappa shape index (κ1) is 45.7. The molecule has 0 atom stereocenters. The van der Waals surface area contributed by atoms with Gasteiger partial charge in [0.05, 0.1) is 22.1 Å². The molecule has 0 amide bonds. The van der Waals surface area contributed by atoms with Gasteiger partial charge in [-0.25, -0.2) is 4.98 Å². The van der Waals surface area contributed by atoms with E-state index in [2.05, 4.69) is 260 Å². The summed E-state index contributed by atoms with van der Waals surface area (Å²) in [5.74, 6) is 0.932. The van der Waals surface area contributed by atoms with Gasteiger partial charge in [-0.3, -0.25) is 4.57 Å². The van der Waals surface area contributed by atoms with Crippen LogP contribution in [-0.2, 0) is 21.7 Å². The Morgan fingerprint density at radius 1 is 0.500 bits per heavy atom. The van der Waals surface area contributed by atoms with Crippen LogP contribution in [0.5, 0.6) is 0 Å². The van der Waals surface area contributed by atoms with Crippen molar-refractivity contribution in [2.24, 2.45) is 0 Å². The van der Waals surface area contributed by atoms with Crippen LogP contribution in [0.3, 0.4) is 0 Å². The molecule has 15 rings (SSSR count). The Bertz CT molecular complexity index is 4470. The van der Waals surface area contributed by atoms with E-state index < -0.39 is 0 Å². The van der Waals surface area contributed by atoms with E-state index in [1.165, 1.54) is 120 Å². The summed E-state index contributed by atoms with van der Waals surface area (Å²) in [5.41, 5.74) is 24.9. The number of imidazole rings is 1. The lowest BCUT2D eigenvalue weighted by molar-refractivity contribution is 0.590. The Hall–Kier alpha value is -7.67. The van der Waals surface area contributed by atoms with Crippen LogP contribution < -0.4 is 15.7 Å². The molecule has 0 bridgehead atoms. The zero-order valence-electron chi connectivity index (χ0n) is 45.4. The molecule has 0 saturated carbocycles. The molecule has 76 heavy (non-hydrogen) atoms. The number of hydrogen-bond acceptors (Lipinski definition) is 3. The molecule has 2 aliphatic heterocycles. The number of thiophene rings is 1. The molecule has 0 saturated heterocycles. The Labute approximate surface area is 450 Å². The van der Waals surface area contributed by atoms with Crippen LogP contribution in [0.4, 0.5) is 11.4 Å². The molecule has 0 fully saturated rings. The summed E-state index contributed by atoms with van der Waals surface area (Å²) < 4.78 is 7.73. The van der Waals surface area contributed by atoms with Crippen molar-refractivity contribution >= 4 is 93.5 Å². The molecule has 5 heterocycles. The van der Waals surface area contributed by atoms with Crippen molar-refractivity contribution in [3.8, 4) is 45.0 Å². The van der Waals surface area contributed by atoms with Gasteiger partial charge in [0.1, 0.15) is 5.82 Å². The van der Waals surface area contributed by atoms with Gasteiger partial charge in [0.15, 0.2) is 0 Å². The lowest BCUT2D eigenvalue weighted by Gasteiger charge is -2.43. The Morgan fingerprint density at radius 3 is 1.87 bits per heavy atom. The highest BCUT2D eigenvalue weighted by atomic mass is 32.1. The van der Waals surface area contributed by atoms with Crippen molar-refractivity contribution in [2.45, 2.75) is 97.8 Å². The SMILES string of the molecule is CC(C)(C)c1ccc(N2B3c4cc5nc(-c6ccccc6)n(-c6ccccc6)c5cc4-n4c5ccc(C(C)(C)C)cc5c5c6c(c(c3c54)-c3cc4sc5cc(C(C)(C)C)ccc5c4cc32)-c2ccccc2C6(C)C)cc1. The summed E-state index contributed by atoms with van der Waals surface area (Å²) in [6.45, 7) is 25.8. The van der Waals surface area contributed by atoms with Gasteiger partial charge in [0.2, 0.25) is 0 Å². The second kappa shape index (κ2) is 15.3. The third kappa shape index (κ3) is 6.22. The van der Waals surface area contributed by atoms with Crippen LogP contribution >= 0.6 is 11.3 Å². The van der Waals surface area contributed by atoms with Crippen molar-refractivity contribution in [1.29, 1.82) is 0 Å². The molecule has 4 nitrogen and oxygen atoms in total. The summed E-state index contributed by atoms with van der Waals surface area (Å²) in [4.78, 5) is 8.42. The first-order valence-electron chi connectivity index (χ1n) is 27.2. The summed E-state index contributed by atoms with van der Waals surface area (Å²) in [6, 6.07) is 65.1. The quantitative estimate of drug-likeness (QED) is 0.165. The number of benzene rings is 9. The molecular weight excluding hydrogens is 940 g/mol. The van der Waals surface area contributed by atoms with Crippen LogP contribution in [0.1, 0.15) is 104 Å². The third-order valence-corrected chi connectivity index (χ3v) is 18.6. The van der Waals surface area contributed by atoms with Gasteiger partial charge in [-0.2, -0.15) is 0 Å². The molecule has 0 radical (unpaired) electrons. The average Bonchev–Trinajstić information content (AvgIpc) is 4.20. The second-order valence-corrected chi connectivity index (χ2v) is 26.7. The highest BCUT2D eigenvalue weighted by Crippen LogP contribution is 2.60. The molecule has 6 heteroatoms. The monoisotopic (exact) mass is 1000 g/mol. The fourth-order valence-corrected chi connectivity index (χ4v) is 14.8. The fraction of sp³-hybridized carbons (Fsp3) is 0.214. The predicted molar refractivity (Wildman–Crippen MR) is 326 cm³/mol. The lowest BCUT2D eigenvalue weighted by atomic mass is 9.43. The Kier molecular flexibility index (Phi) is 9.18. The largest absolute Gasteiger partial charge is 0.376 e. The summed E-state index contributed by atoms with van der Waals surface area (Å²) >= 11 is 1.94. The number of rotatable bonds is 3. The van der Waals surface area contributed by atoms with Gasteiger partial charge in [-0.1, -0.05) is 179 Å². The van der Waals surface area contributed by atoms with E-state index in [0.29, 0.717) is 0 Å². The average molecular weight is 1000 g/mol. The molecule has 0 N–H and O–H groups in total. The molecule has 3 aromatic heterocycles. The maximum atomic E-state index is 5.69. The highest BCUT2D eigenvalue weighted by molar-refractivity contribution is 7.25.